The van der Waals surface area contributed by atoms with Crippen molar-refractivity contribution in [3.05, 3.63) is 35.6 Å². The first kappa shape index (κ1) is 17.7. The Morgan fingerprint density at radius 2 is 1.96 bits per heavy atom. The molecule has 0 aliphatic carbocycles. The lowest BCUT2D eigenvalue weighted by Gasteiger charge is -2.19. The van der Waals surface area contributed by atoms with Gasteiger partial charge in [0, 0.05) is 12.1 Å². The highest BCUT2D eigenvalue weighted by Crippen LogP contribution is 2.25. The van der Waals surface area contributed by atoms with Gasteiger partial charge in [-0.25, -0.2) is 4.39 Å². The third-order valence-electron chi connectivity index (χ3n) is 2.60. The Kier molecular flexibility index (Phi) is 5.95. The average molecular weight is 354 g/mol. The van der Waals surface area contributed by atoms with E-state index in [-0.39, 0.29) is 17.3 Å². The van der Waals surface area contributed by atoms with Crippen LogP contribution in [0.5, 0.6) is 0 Å². The van der Waals surface area contributed by atoms with E-state index in [1.807, 2.05) is 20.8 Å². The van der Waals surface area contributed by atoms with E-state index < -0.39 is 0 Å². The lowest BCUT2D eigenvalue weighted by Crippen LogP contribution is -2.41. The molecule has 0 aliphatic rings. The van der Waals surface area contributed by atoms with E-state index in [4.69, 9.17) is 0 Å². The number of hydrogen-bond acceptors (Lipinski definition) is 6. The van der Waals surface area contributed by atoms with Gasteiger partial charge in [-0.3, -0.25) is 4.79 Å². The topological polar surface area (TPSA) is 66.9 Å². The van der Waals surface area contributed by atoms with Gasteiger partial charge in [-0.1, -0.05) is 35.2 Å². The Morgan fingerprint density at radius 1 is 1.26 bits per heavy atom. The minimum Gasteiger partial charge on any atom is -0.356 e. The maximum absolute atomic E-state index is 12.8. The normalized spacial score (nSPS) is 11.3. The van der Waals surface area contributed by atoms with Crippen molar-refractivity contribution in [2.45, 2.75) is 37.2 Å². The van der Waals surface area contributed by atoms with Crippen molar-refractivity contribution < 1.29 is 9.18 Å². The number of nitrogens with one attached hydrogen (secondary N) is 2. The fraction of sp³-hybridized carbons (Fsp3) is 0.400. The molecule has 0 spiro atoms. The highest BCUT2D eigenvalue weighted by atomic mass is 32.2. The van der Waals surface area contributed by atoms with Crippen LogP contribution < -0.4 is 10.6 Å². The SMILES string of the molecule is CC(C)(C)NC(=O)CSc1nnc(NCc2ccc(F)cc2)s1. The third-order valence-corrected chi connectivity index (χ3v) is 4.62. The van der Waals surface area contributed by atoms with Crippen LogP contribution in [0.2, 0.25) is 0 Å². The zero-order valence-corrected chi connectivity index (χ0v) is 14.9. The van der Waals surface area contributed by atoms with Gasteiger partial charge in [0.05, 0.1) is 5.75 Å². The van der Waals surface area contributed by atoms with Crippen LogP contribution in [-0.2, 0) is 11.3 Å². The van der Waals surface area contributed by atoms with Crippen LogP contribution in [0.15, 0.2) is 28.6 Å². The van der Waals surface area contributed by atoms with Crippen LogP contribution in [0.1, 0.15) is 26.3 Å². The summed E-state index contributed by atoms with van der Waals surface area (Å²) in [4.78, 5) is 11.8. The van der Waals surface area contributed by atoms with Crippen LogP contribution >= 0.6 is 23.1 Å². The molecule has 2 N–H and O–H groups in total. The van der Waals surface area contributed by atoms with Crippen molar-refractivity contribution in [1.82, 2.24) is 15.5 Å². The van der Waals surface area contributed by atoms with Gasteiger partial charge in [-0.05, 0) is 38.5 Å². The average Bonchev–Trinajstić information content (AvgIpc) is 2.91. The second-order valence-electron chi connectivity index (χ2n) is 5.94. The summed E-state index contributed by atoms with van der Waals surface area (Å²) in [5.74, 6) is 0.0274. The first-order chi connectivity index (χ1) is 10.8. The molecular formula is C15H19FN4OS2. The fourth-order valence-electron chi connectivity index (χ4n) is 1.70. The molecule has 0 saturated heterocycles. The molecule has 0 aliphatic heterocycles. The second kappa shape index (κ2) is 7.74. The molecule has 1 heterocycles. The van der Waals surface area contributed by atoms with Crippen LogP contribution in [0.3, 0.4) is 0 Å². The maximum atomic E-state index is 12.8. The smallest absolute Gasteiger partial charge is 0.230 e. The number of carbonyl (C=O) groups excluding carboxylic acids is 1. The summed E-state index contributed by atoms with van der Waals surface area (Å²) in [7, 11) is 0. The number of anilines is 1. The molecule has 1 aromatic heterocycles. The summed E-state index contributed by atoms with van der Waals surface area (Å²) in [6.45, 7) is 6.37. The Balaban J connectivity index is 1.79. The minimum absolute atomic E-state index is 0.0291. The van der Waals surface area contributed by atoms with E-state index in [0.29, 0.717) is 17.4 Å². The summed E-state index contributed by atoms with van der Waals surface area (Å²) in [6, 6.07) is 6.28. The van der Waals surface area contributed by atoms with Gasteiger partial charge in [-0.15, -0.1) is 10.2 Å². The highest BCUT2D eigenvalue weighted by molar-refractivity contribution is 8.01. The second-order valence-corrected chi connectivity index (χ2v) is 8.14. The molecule has 0 unspecified atom stereocenters. The third kappa shape index (κ3) is 6.54. The molecule has 0 bridgehead atoms. The molecule has 1 amide bonds. The number of thioether (sulfide) groups is 1. The quantitative estimate of drug-likeness (QED) is 0.779. The predicted molar refractivity (Wildman–Crippen MR) is 92.3 cm³/mol. The number of nitrogens with zero attached hydrogens (tertiary/aromatic N) is 2. The van der Waals surface area contributed by atoms with E-state index in [2.05, 4.69) is 20.8 Å². The van der Waals surface area contributed by atoms with Gasteiger partial charge in [0.2, 0.25) is 11.0 Å². The van der Waals surface area contributed by atoms with Gasteiger partial charge >= 0.3 is 0 Å². The number of carbonyl (C=O) groups is 1. The number of hydrogen-bond donors (Lipinski definition) is 2. The van der Waals surface area contributed by atoms with E-state index in [0.717, 1.165) is 9.90 Å². The van der Waals surface area contributed by atoms with E-state index >= 15 is 0 Å². The highest BCUT2D eigenvalue weighted by Gasteiger charge is 2.14. The fourth-order valence-corrected chi connectivity index (χ4v) is 3.25. The molecule has 0 saturated carbocycles. The summed E-state index contributed by atoms with van der Waals surface area (Å²) >= 11 is 2.75. The predicted octanol–water partition coefficient (Wildman–Crippen LogP) is 3.30. The molecular weight excluding hydrogens is 335 g/mol. The van der Waals surface area contributed by atoms with E-state index in [9.17, 15) is 9.18 Å². The van der Waals surface area contributed by atoms with Gasteiger partial charge < -0.3 is 10.6 Å². The standard InChI is InChI=1S/C15H19FN4OS2/c1-15(2,3)18-12(21)9-22-14-20-19-13(23-14)17-8-10-4-6-11(16)7-5-10/h4-7H,8-9H2,1-3H3,(H,17,19)(H,18,21). The molecule has 0 atom stereocenters. The number of aromatic nitrogens is 2. The van der Waals surface area contributed by atoms with Crippen molar-refractivity contribution in [3.8, 4) is 0 Å². The zero-order chi connectivity index (χ0) is 16.9. The molecule has 8 heteroatoms. The maximum Gasteiger partial charge on any atom is 0.230 e. The van der Waals surface area contributed by atoms with Crippen molar-refractivity contribution in [3.63, 3.8) is 0 Å². The van der Waals surface area contributed by atoms with Gasteiger partial charge in [0.25, 0.3) is 0 Å². The lowest BCUT2D eigenvalue weighted by atomic mass is 10.1. The number of benzene rings is 1. The summed E-state index contributed by atoms with van der Waals surface area (Å²) in [5.41, 5.74) is 0.723. The molecule has 124 valence electrons. The Bertz CT molecular complexity index is 652. The Labute approximate surface area is 143 Å². The summed E-state index contributed by atoms with van der Waals surface area (Å²) in [6.07, 6.45) is 0. The zero-order valence-electron chi connectivity index (χ0n) is 13.2. The van der Waals surface area contributed by atoms with Gasteiger partial charge in [-0.2, -0.15) is 0 Å². The van der Waals surface area contributed by atoms with Crippen molar-refractivity contribution in [2.75, 3.05) is 11.1 Å². The number of amides is 1. The molecule has 5 nitrogen and oxygen atoms in total. The molecule has 0 fully saturated rings. The van der Waals surface area contributed by atoms with Crippen LogP contribution in [0.4, 0.5) is 9.52 Å². The molecule has 23 heavy (non-hydrogen) atoms. The van der Waals surface area contributed by atoms with Crippen molar-refractivity contribution in [2.24, 2.45) is 0 Å². The summed E-state index contributed by atoms with van der Waals surface area (Å²) < 4.78 is 13.6. The van der Waals surface area contributed by atoms with E-state index in [1.165, 1.54) is 35.2 Å². The van der Waals surface area contributed by atoms with E-state index in [1.54, 1.807) is 12.1 Å². The monoisotopic (exact) mass is 354 g/mol. The molecule has 2 rings (SSSR count). The van der Waals surface area contributed by atoms with Gasteiger partial charge in [0.15, 0.2) is 4.34 Å². The Morgan fingerprint density at radius 3 is 2.61 bits per heavy atom. The first-order valence-corrected chi connectivity index (χ1v) is 8.88. The van der Waals surface area contributed by atoms with Gasteiger partial charge in [0.1, 0.15) is 5.82 Å². The van der Waals surface area contributed by atoms with Crippen LogP contribution in [0.25, 0.3) is 0 Å². The van der Waals surface area contributed by atoms with Crippen LogP contribution in [0, 0.1) is 5.82 Å². The molecule has 1 aromatic carbocycles. The molecule has 2 aromatic rings. The van der Waals surface area contributed by atoms with Crippen LogP contribution in [-0.4, -0.2) is 27.4 Å². The van der Waals surface area contributed by atoms with Crippen molar-refractivity contribution >= 4 is 34.1 Å². The summed E-state index contributed by atoms with van der Waals surface area (Å²) in [5, 5.41) is 14.8. The largest absolute Gasteiger partial charge is 0.356 e. The first-order valence-electron chi connectivity index (χ1n) is 7.07. The lowest BCUT2D eigenvalue weighted by molar-refractivity contribution is -0.119. The minimum atomic E-state index is -0.253. The Hall–Kier alpha value is -1.67. The number of rotatable bonds is 6. The number of halogens is 1. The van der Waals surface area contributed by atoms with Crippen molar-refractivity contribution in [1.29, 1.82) is 0 Å². The molecule has 0 radical (unpaired) electrons.